The molecule has 0 saturated heterocycles. The Labute approximate surface area is 305 Å². The molecule has 4 aliphatic heterocycles. The van der Waals surface area contributed by atoms with Crippen LogP contribution in [-0.4, -0.2) is 46.0 Å². The van der Waals surface area contributed by atoms with Gasteiger partial charge in [-0.25, -0.2) is 9.97 Å². The van der Waals surface area contributed by atoms with Crippen LogP contribution in [0.15, 0.2) is 75.8 Å². The summed E-state index contributed by atoms with van der Waals surface area (Å²) >= 11 is 0. The summed E-state index contributed by atoms with van der Waals surface area (Å²) in [7, 11) is 1.79. The number of nitrogens with one attached hydrogen (secondary N) is 4. The van der Waals surface area contributed by atoms with Gasteiger partial charge in [0.2, 0.25) is 17.7 Å². The minimum Gasteiger partial charge on any atom is -0.469 e. The molecule has 11 nitrogen and oxygen atoms in total. The number of para-hydroxylation sites is 1. The maximum absolute atomic E-state index is 14.4. The molecular formula is C42H40N6O5. The number of aromatic nitrogens is 3. The number of Topliss-reactive ketones (excluding diaryl/α,β-unsaturated/α-hetero) is 1. The zero-order chi connectivity index (χ0) is 36.3. The number of benzene rings is 3. The number of hydrogen-bond acceptors (Lipinski definition) is 9. The van der Waals surface area contributed by atoms with Gasteiger partial charge in [0.05, 0.1) is 12.2 Å². The maximum Gasteiger partial charge on any atom is 0.249 e. The molecule has 4 N–H and O–H groups in total. The number of carbonyl (C=O) groups is 2. The predicted molar refractivity (Wildman–Crippen MR) is 199 cm³/mol. The van der Waals surface area contributed by atoms with Crippen LogP contribution in [0.1, 0.15) is 68.5 Å². The molecule has 6 aromatic rings. The standard InChI is InChI=1S/C42H40N6O5/c1-19(2)33(43-5)29(49)16-22-14-21-12-13-30-27(15-21)42-26-10-6-9-24(35(26)48-41(42)52-30)23-8-7-11-28-32(23)25(17-44-28)31-18-45-39(51-31)36-37(42)53-40(47-36)34(20(3)4)46-38(22)50/h6-13,15,17-20,22,33-34,41,43-44,48H,14,16H2,1-5H3,(H,46,50)/t22-,33+,34+,41+,42?/m1/s1. The van der Waals surface area contributed by atoms with Crippen LogP contribution in [0, 0.1) is 17.8 Å². The second-order valence-corrected chi connectivity index (χ2v) is 15.5. The second-order valence-electron chi connectivity index (χ2n) is 15.5. The number of H-pyrrole nitrogens is 1. The quantitative estimate of drug-likeness (QED) is 0.142. The Bertz CT molecular complexity index is 2490. The Morgan fingerprint density at radius 2 is 1.83 bits per heavy atom. The number of ether oxygens (including phenoxy) is 1. The zero-order valence-corrected chi connectivity index (χ0v) is 30.2. The summed E-state index contributed by atoms with van der Waals surface area (Å²) in [6.07, 6.45) is 3.54. The van der Waals surface area contributed by atoms with E-state index in [9.17, 15) is 9.59 Å². The molecule has 1 amide bonds. The summed E-state index contributed by atoms with van der Waals surface area (Å²) in [4.78, 5) is 41.5. The Morgan fingerprint density at radius 1 is 1.00 bits per heavy atom. The van der Waals surface area contributed by atoms with Gasteiger partial charge in [0.15, 0.2) is 29.2 Å². The van der Waals surface area contributed by atoms with Crippen LogP contribution in [0.3, 0.4) is 0 Å². The van der Waals surface area contributed by atoms with Gasteiger partial charge in [-0.15, -0.1) is 0 Å². The highest BCUT2D eigenvalue weighted by atomic mass is 16.5. The average molecular weight is 709 g/mol. The smallest absolute Gasteiger partial charge is 0.249 e. The van der Waals surface area contributed by atoms with E-state index in [2.05, 4.69) is 63.4 Å². The average Bonchev–Trinajstić information content (AvgIpc) is 3.96. The molecule has 10 rings (SSSR count). The number of ketones is 1. The van der Waals surface area contributed by atoms with E-state index >= 15 is 0 Å². The summed E-state index contributed by atoms with van der Waals surface area (Å²) in [5.41, 5.74) is 7.07. The van der Waals surface area contributed by atoms with E-state index in [0.717, 1.165) is 50.0 Å². The van der Waals surface area contributed by atoms with E-state index < -0.39 is 23.6 Å². The number of aromatic amines is 1. The Balaban J connectivity index is 1.26. The third-order valence-electron chi connectivity index (χ3n) is 11.7. The van der Waals surface area contributed by atoms with Gasteiger partial charge in [0.25, 0.3) is 0 Å². The fourth-order valence-electron chi connectivity index (χ4n) is 9.21. The monoisotopic (exact) mass is 708 g/mol. The molecule has 3 aromatic heterocycles. The molecule has 7 heterocycles. The number of hydrogen-bond donors (Lipinski definition) is 4. The number of rotatable bonds is 6. The highest BCUT2D eigenvalue weighted by molar-refractivity contribution is 6.07. The first-order chi connectivity index (χ1) is 25.7. The van der Waals surface area contributed by atoms with Gasteiger partial charge in [-0.05, 0) is 48.6 Å². The SMILES string of the molecule is CN[C@H](C(=O)C[C@H]1Cc2ccc3c(c2)C24c5cccc(c5N[C@H]2O3)-c2cccc3[nH]cc(c23)-c2cnc(o2)-c2nc(oc24)[C@H](C(C)C)NC1=O)C(C)C. The number of nitrogens with zero attached hydrogens (tertiary/aromatic N) is 2. The number of carbonyl (C=O) groups excluding carboxylic acids is 2. The molecule has 11 heteroatoms. The summed E-state index contributed by atoms with van der Waals surface area (Å²) < 4.78 is 20.5. The van der Waals surface area contributed by atoms with Gasteiger partial charge in [0.1, 0.15) is 17.2 Å². The molecule has 0 saturated carbocycles. The van der Waals surface area contributed by atoms with Gasteiger partial charge < -0.3 is 34.5 Å². The second kappa shape index (κ2) is 11.4. The summed E-state index contributed by atoms with van der Waals surface area (Å²) in [6, 6.07) is 17.7. The van der Waals surface area contributed by atoms with Gasteiger partial charge in [-0.2, -0.15) is 0 Å². The number of oxazole rings is 2. The van der Waals surface area contributed by atoms with E-state index in [1.807, 2.05) is 46.0 Å². The van der Waals surface area contributed by atoms with Crippen molar-refractivity contribution in [2.24, 2.45) is 17.8 Å². The topological polar surface area (TPSA) is 147 Å². The Kier molecular flexibility index (Phi) is 6.89. The van der Waals surface area contributed by atoms with Gasteiger partial charge in [-0.3, -0.25) is 9.59 Å². The van der Waals surface area contributed by atoms with E-state index in [0.29, 0.717) is 41.2 Å². The fourth-order valence-corrected chi connectivity index (χ4v) is 9.21. The first kappa shape index (κ1) is 32.0. The molecule has 0 aliphatic carbocycles. The molecule has 1 spiro atoms. The lowest BCUT2D eigenvalue weighted by Crippen LogP contribution is -2.43. The molecule has 5 atom stereocenters. The van der Waals surface area contributed by atoms with E-state index in [1.165, 1.54) is 0 Å². The highest BCUT2D eigenvalue weighted by Crippen LogP contribution is 2.61. The van der Waals surface area contributed by atoms with Crippen LogP contribution in [0.25, 0.3) is 44.9 Å². The zero-order valence-electron chi connectivity index (χ0n) is 30.2. The summed E-state index contributed by atoms with van der Waals surface area (Å²) in [5.74, 6) is 1.58. The lowest BCUT2D eigenvalue weighted by atomic mass is 9.72. The maximum atomic E-state index is 14.4. The van der Waals surface area contributed by atoms with Gasteiger partial charge >= 0.3 is 0 Å². The number of anilines is 1. The molecule has 0 radical (unpaired) electrons. The third kappa shape index (κ3) is 4.43. The summed E-state index contributed by atoms with van der Waals surface area (Å²) in [6.45, 7) is 8.07. The van der Waals surface area contributed by atoms with Gasteiger partial charge in [0, 0.05) is 57.4 Å². The van der Waals surface area contributed by atoms with Gasteiger partial charge in [-0.1, -0.05) is 70.2 Å². The summed E-state index contributed by atoms with van der Waals surface area (Å²) in [5, 5.41) is 11.3. The van der Waals surface area contributed by atoms with Crippen LogP contribution >= 0.6 is 0 Å². The molecule has 0 fully saturated rings. The van der Waals surface area contributed by atoms with E-state index in [-0.39, 0.29) is 36.0 Å². The fraction of sp³-hybridized carbons (Fsp3) is 0.333. The third-order valence-corrected chi connectivity index (χ3v) is 11.7. The van der Waals surface area contributed by atoms with Crippen LogP contribution in [0.4, 0.5) is 5.69 Å². The molecule has 53 heavy (non-hydrogen) atoms. The van der Waals surface area contributed by atoms with Crippen molar-refractivity contribution >= 4 is 28.3 Å². The van der Waals surface area contributed by atoms with Crippen LogP contribution in [0.5, 0.6) is 5.75 Å². The number of fused-ring (bicyclic) bond motifs is 7. The minimum absolute atomic E-state index is 0.00412. The molecule has 1 unspecified atom stereocenters. The highest BCUT2D eigenvalue weighted by Gasteiger charge is 2.61. The Morgan fingerprint density at radius 3 is 2.64 bits per heavy atom. The van der Waals surface area contributed by atoms with Crippen molar-refractivity contribution in [2.75, 3.05) is 12.4 Å². The van der Waals surface area contributed by atoms with Crippen LogP contribution in [0.2, 0.25) is 0 Å². The largest absolute Gasteiger partial charge is 0.469 e. The normalized spacial score (nSPS) is 22.5. The molecule has 3 aromatic carbocycles. The number of amides is 1. The lowest BCUT2D eigenvalue weighted by molar-refractivity contribution is -0.131. The van der Waals surface area contributed by atoms with Crippen molar-refractivity contribution in [3.05, 3.63) is 95.3 Å². The van der Waals surface area contributed by atoms with Crippen LogP contribution < -0.4 is 20.7 Å². The predicted octanol–water partition coefficient (Wildman–Crippen LogP) is 7.13. The number of likely N-dealkylation sites (N-methyl/N-ethyl adjacent to an activating group) is 1. The van der Waals surface area contributed by atoms with Crippen molar-refractivity contribution in [1.29, 1.82) is 0 Å². The van der Waals surface area contributed by atoms with Crippen molar-refractivity contribution < 1.29 is 23.2 Å². The van der Waals surface area contributed by atoms with Crippen LogP contribution in [-0.2, 0) is 21.4 Å². The molecule has 4 aliphatic rings. The first-order valence-corrected chi connectivity index (χ1v) is 18.5. The van der Waals surface area contributed by atoms with Crippen molar-refractivity contribution in [2.45, 2.75) is 64.3 Å². The van der Waals surface area contributed by atoms with E-state index in [1.54, 1.807) is 13.2 Å². The van der Waals surface area contributed by atoms with Crippen molar-refractivity contribution in [1.82, 2.24) is 25.6 Å². The Hall–Kier alpha value is -5.68. The lowest BCUT2D eigenvalue weighted by Gasteiger charge is -2.29. The van der Waals surface area contributed by atoms with E-state index in [4.69, 9.17) is 23.5 Å². The van der Waals surface area contributed by atoms with Crippen molar-refractivity contribution in [3.8, 4) is 39.8 Å². The van der Waals surface area contributed by atoms with Crippen molar-refractivity contribution in [3.63, 3.8) is 0 Å². The minimum atomic E-state index is -1.01. The molecule has 268 valence electrons. The first-order valence-electron chi connectivity index (χ1n) is 18.5. The molecule has 10 bridgehead atoms. The molecular weight excluding hydrogens is 668 g/mol.